The van der Waals surface area contributed by atoms with Crippen LogP contribution in [-0.2, 0) is 6.54 Å². The number of thiazole rings is 1. The molecule has 4 nitrogen and oxygen atoms in total. The molecule has 5 heteroatoms. The second kappa shape index (κ2) is 6.10. The van der Waals surface area contributed by atoms with Gasteiger partial charge in [0.2, 0.25) is 0 Å². The molecule has 1 aromatic carbocycles. The quantitative estimate of drug-likeness (QED) is 0.777. The molecule has 3 aromatic rings. The summed E-state index contributed by atoms with van der Waals surface area (Å²) < 4.78 is 1.98. The zero-order valence-electron chi connectivity index (χ0n) is 12.2. The lowest BCUT2D eigenvalue weighted by atomic mass is 10.1. The molecule has 0 fully saturated rings. The van der Waals surface area contributed by atoms with E-state index in [9.17, 15) is 0 Å². The van der Waals surface area contributed by atoms with Crippen molar-refractivity contribution in [3.63, 3.8) is 0 Å². The van der Waals surface area contributed by atoms with Crippen molar-refractivity contribution in [3.8, 4) is 0 Å². The molecule has 21 heavy (non-hydrogen) atoms. The van der Waals surface area contributed by atoms with Gasteiger partial charge in [0.1, 0.15) is 10.8 Å². The molecule has 0 bridgehead atoms. The first-order chi connectivity index (χ1) is 10.2. The lowest BCUT2D eigenvalue weighted by Crippen LogP contribution is -2.08. The number of aromatic nitrogens is 3. The van der Waals surface area contributed by atoms with Gasteiger partial charge in [-0.3, -0.25) is 4.68 Å². The summed E-state index contributed by atoms with van der Waals surface area (Å²) in [6, 6.07) is 12.6. The van der Waals surface area contributed by atoms with Gasteiger partial charge in [0.15, 0.2) is 0 Å². The standard InChI is InChI=1S/C16H18N4S/c1-12-11-21-16(18-12)10-17-15-8-9-20(19-15)13(2)14-6-4-3-5-7-14/h3-9,11,13H,10H2,1-2H3,(H,17,19)/t13-/m0/s1. The second-order valence-corrected chi connectivity index (χ2v) is 5.95. The van der Waals surface area contributed by atoms with E-state index in [1.165, 1.54) is 5.56 Å². The van der Waals surface area contributed by atoms with E-state index >= 15 is 0 Å². The summed E-state index contributed by atoms with van der Waals surface area (Å²) >= 11 is 1.67. The third kappa shape index (κ3) is 3.31. The van der Waals surface area contributed by atoms with Crippen LogP contribution in [0.15, 0.2) is 48.0 Å². The van der Waals surface area contributed by atoms with E-state index in [1.807, 2.05) is 29.9 Å². The zero-order valence-corrected chi connectivity index (χ0v) is 13.0. The number of hydrogen-bond donors (Lipinski definition) is 1. The van der Waals surface area contributed by atoms with Gasteiger partial charge < -0.3 is 5.32 Å². The maximum absolute atomic E-state index is 4.59. The van der Waals surface area contributed by atoms with Crippen LogP contribution in [0.25, 0.3) is 0 Å². The molecule has 0 aliphatic rings. The first-order valence-corrected chi connectivity index (χ1v) is 7.85. The van der Waals surface area contributed by atoms with Crippen LogP contribution in [-0.4, -0.2) is 14.8 Å². The van der Waals surface area contributed by atoms with Gasteiger partial charge in [-0.15, -0.1) is 11.3 Å². The largest absolute Gasteiger partial charge is 0.362 e. The van der Waals surface area contributed by atoms with Crippen molar-refractivity contribution in [1.29, 1.82) is 0 Å². The number of benzene rings is 1. The predicted molar refractivity (Wildman–Crippen MR) is 86.7 cm³/mol. The molecule has 0 unspecified atom stereocenters. The zero-order chi connectivity index (χ0) is 14.7. The summed E-state index contributed by atoms with van der Waals surface area (Å²) in [5.41, 5.74) is 2.32. The predicted octanol–water partition coefficient (Wildman–Crippen LogP) is 3.87. The highest BCUT2D eigenvalue weighted by molar-refractivity contribution is 7.09. The number of anilines is 1. The van der Waals surface area contributed by atoms with Crippen molar-refractivity contribution in [3.05, 3.63) is 64.2 Å². The van der Waals surface area contributed by atoms with Gasteiger partial charge in [0, 0.05) is 23.3 Å². The van der Waals surface area contributed by atoms with Crippen molar-refractivity contribution >= 4 is 17.2 Å². The van der Waals surface area contributed by atoms with Gasteiger partial charge in [-0.25, -0.2) is 4.98 Å². The summed E-state index contributed by atoms with van der Waals surface area (Å²) in [7, 11) is 0. The summed E-state index contributed by atoms with van der Waals surface area (Å²) in [6.45, 7) is 4.88. The summed E-state index contributed by atoms with van der Waals surface area (Å²) in [5, 5.41) is 11.1. The molecule has 1 atom stereocenters. The smallest absolute Gasteiger partial charge is 0.148 e. The Labute approximate surface area is 128 Å². The van der Waals surface area contributed by atoms with Crippen molar-refractivity contribution in [2.75, 3.05) is 5.32 Å². The molecular weight excluding hydrogens is 280 g/mol. The van der Waals surface area contributed by atoms with Crippen LogP contribution in [0.5, 0.6) is 0 Å². The topological polar surface area (TPSA) is 42.7 Å². The fraction of sp³-hybridized carbons (Fsp3) is 0.250. The molecule has 0 saturated heterocycles. The van der Waals surface area contributed by atoms with E-state index in [0.717, 1.165) is 23.1 Å². The van der Waals surface area contributed by atoms with Crippen LogP contribution in [0.3, 0.4) is 0 Å². The third-order valence-electron chi connectivity index (χ3n) is 3.37. The molecule has 1 N–H and O–H groups in total. The molecule has 2 heterocycles. The van der Waals surface area contributed by atoms with E-state index in [4.69, 9.17) is 0 Å². The van der Waals surface area contributed by atoms with Gasteiger partial charge in [0.25, 0.3) is 0 Å². The first kappa shape index (κ1) is 13.8. The average Bonchev–Trinajstić information content (AvgIpc) is 3.14. The Morgan fingerprint density at radius 2 is 2.05 bits per heavy atom. The molecule has 2 aromatic heterocycles. The number of nitrogens with one attached hydrogen (secondary N) is 1. The molecular formula is C16H18N4S. The minimum Gasteiger partial charge on any atom is -0.362 e. The Balaban J connectivity index is 1.66. The summed E-state index contributed by atoms with van der Waals surface area (Å²) in [6.07, 6.45) is 2.01. The molecule has 0 spiro atoms. The van der Waals surface area contributed by atoms with Crippen LogP contribution in [0.1, 0.15) is 29.2 Å². The Hall–Kier alpha value is -2.14. The van der Waals surface area contributed by atoms with Crippen molar-refractivity contribution in [2.24, 2.45) is 0 Å². The lowest BCUT2D eigenvalue weighted by molar-refractivity contribution is 0.566. The van der Waals surface area contributed by atoms with Crippen LogP contribution < -0.4 is 5.32 Å². The number of nitrogens with zero attached hydrogens (tertiary/aromatic N) is 3. The van der Waals surface area contributed by atoms with Gasteiger partial charge in [-0.2, -0.15) is 5.10 Å². The Morgan fingerprint density at radius 3 is 2.76 bits per heavy atom. The molecule has 0 amide bonds. The van der Waals surface area contributed by atoms with Crippen LogP contribution in [0.2, 0.25) is 0 Å². The van der Waals surface area contributed by atoms with Crippen molar-refractivity contribution < 1.29 is 0 Å². The van der Waals surface area contributed by atoms with E-state index in [-0.39, 0.29) is 6.04 Å². The maximum Gasteiger partial charge on any atom is 0.148 e. The molecule has 0 aliphatic carbocycles. The fourth-order valence-corrected chi connectivity index (χ4v) is 2.89. The van der Waals surface area contributed by atoms with Crippen LogP contribution in [0.4, 0.5) is 5.82 Å². The highest BCUT2D eigenvalue weighted by Gasteiger charge is 2.09. The molecule has 108 valence electrons. The highest BCUT2D eigenvalue weighted by Crippen LogP contribution is 2.18. The van der Waals surface area contributed by atoms with Gasteiger partial charge in [-0.1, -0.05) is 30.3 Å². The van der Waals surface area contributed by atoms with E-state index in [0.29, 0.717) is 0 Å². The van der Waals surface area contributed by atoms with E-state index in [2.05, 4.69) is 52.0 Å². The normalized spacial score (nSPS) is 12.3. The number of hydrogen-bond acceptors (Lipinski definition) is 4. The second-order valence-electron chi connectivity index (χ2n) is 5.00. The molecule has 0 aliphatic heterocycles. The Kier molecular flexibility index (Phi) is 4.01. The fourth-order valence-electron chi connectivity index (χ4n) is 2.18. The van der Waals surface area contributed by atoms with Gasteiger partial charge in [0.05, 0.1) is 12.6 Å². The SMILES string of the molecule is Cc1csc(CNc2ccn([C@@H](C)c3ccccc3)n2)n1. The van der Waals surface area contributed by atoms with Crippen molar-refractivity contribution in [2.45, 2.75) is 26.4 Å². The molecule has 0 radical (unpaired) electrons. The number of aryl methyl sites for hydroxylation is 1. The van der Waals surface area contributed by atoms with Crippen molar-refractivity contribution in [1.82, 2.24) is 14.8 Å². The molecule has 0 saturated carbocycles. The van der Waals surface area contributed by atoms with E-state index in [1.54, 1.807) is 11.3 Å². The van der Waals surface area contributed by atoms with Crippen LogP contribution >= 0.6 is 11.3 Å². The van der Waals surface area contributed by atoms with Crippen LogP contribution in [0, 0.1) is 6.92 Å². The van der Waals surface area contributed by atoms with Gasteiger partial charge in [-0.05, 0) is 19.4 Å². The average molecular weight is 298 g/mol. The Morgan fingerprint density at radius 1 is 1.24 bits per heavy atom. The highest BCUT2D eigenvalue weighted by atomic mass is 32.1. The first-order valence-electron chi connectivity index (χ1n) is 6.97. The number of rotatable bonds is 5. The van der Waals surface area contributed by atoms with Gasteiger partial charge >= 0.3 is 0 Å². The summed E-state index contributed by atoms with van der Waals surface area (Å²) in [4.78, 5) is 4.44. The monoisotopic (exact) mass is 298 g/mol. The third-order valence-corrected chi connectivity index (χ3v) is 4.34. The maximum atomic E-state index is 4.59. The molecule has 3 rings (SSSR count). The lowest BCUT2D eigenvalue weighted by Gasteiger charge is -2.12. The summed E-state index contributed by atoms with van der Waals surface area (Å²) in [5.74, 6) is 0.880. The van der Waals surface area contributed by atoms with E-state index < -0.39 is 0 Å². The minimum atomic E-state index is 0.226. The minimum absolute atomic E-state index is 0.226. The Bertz CT molecular complexity index is 702.